The second kappa shape index (κ2) is 1.95. The van der Waals surface area contributed by atoms with E-state index in [1.54, 1.807) is 11.8 Å². The molecular formula is C7H7NS. The summed E-state index contributed by atoms with van der Waals surface area (Å²) in [6, 6.07) is 0. The predicted octanol–water partition coefficient (Wildman–Crippen LogP) is 2.27. The highest BCUT2D eigenvalue weighted by Gasteiger charge is 2.10. The molecule has 0 spiro atoms. The molecule has 2 aliphatic rings. The Morgan fingerprint density at radius 1 is 1.44 bits per heavy atom. The highest BCUT2D eigenvalue weighted by Crippen LogP contribution is 2.31. The molecule has 0 unspecified atom stereocenters. The van der Waals surface area contributed by atoms with E-state index in [1.807, 2.05) is 0 Å². The third kappa shape index (κ3) is 0.793. The fourth-order valence-corrected chi connectivity index (χ4v) is 1.69. The lowest BCUT2D eigenvalue weighted by Gasteiger charge is -2.14. The molecule has 0 aliphatic carbocycles. The van der Waals surface area contributed by atoms with Gasteiger partial charge in [-0.3, -0.25) is 0 Å². The van der Waals surface area contributed by atoms with E-state index in [0.29, 0.717) is 0 Å². The maximum Gasteiger partial charge on any atom is 0.0794 e. The van der Waals surface area contributed by atoms with Crippen LogP contribution >= 0.6 is 11.8 Å². The number of hydrogen-bond acceptors (Lipinski definition) is 2. The summed E-state index contributed by atoms with van der Waals surface area (Å²) in [7, 11) is 0. The molecule has 0 bridgehead atoms. The molecule has 2 rings (SSSR count). The molecule has 0 radical (unpaired) electrons. The van der Waals surface area contributed by atoms with Crippen molar-refractivity contribution in [3.8, 4) is 0 Å². The Hall–Kier alpha value is -0.630. The Labute approximate surface area is 58.7 Å². The largest absolute Gasteiger partial charge is 0.318 e. The zero-order chi connectivity index (χ0) is 6.10. The number of thioether (sulfide) groups is 1. The van der Waals surface area contributed by atoms with Crippen molar-refractivity contribution in [2.24, 2.45) is 0 Å². The van der Waals surface area contributed by atoms with Gasteiger partial charge in [0.2, 0.25) is 0 Å². The Balaban J connectivity index is 2.29. The van der Waals surface area contributed by atoms with E-state index in [9.17, 15) is 0 Å². The fourth-order valence-electron chi connectivity index (χ4n) is 0.920. The first-order valence-corrected chi connectivity index (χ1v) is 3.83. The van der Waals surface area contributed by atoms with Crippen LogP contribution in [-0.2, 0) is 0 Å². The van der Waals surface area contributed by atoms with Gasteiger partial charge in [0.25, 0.3) is 0 Å². The normalized spacial score (nSPS) is 22.2. The van der Waals surface area contributed by atoms with Crippen LogP contribution in [0.1, 0.15) is 6.42 Å². The monoisotopic (exact) mass is 137 g/mol. The Morgan fingerprint density at radius 2 is 2.44 bits per heavy atom. The Kier molecular flexibility index (Phi) is 1.12. The second-order valence-electron chi connectivity index (χ2n) is 1.97. The maximum absolute atomic E-state index is 2.23. The SMILES string of the molecule is C1=CN2C=CSC2=CC1. The number of allylic oxidation sites excluding steroid dienone is 2. The molecule has 0 saturated carbocycles. The highest BCUT2D eigenvalue weighted by atomic mass is 32.2. The quantitative estimate of drug-likeness (QED) is 0.504. The van der Waals surface area contributed by atoms with E-state index in [2.05, 4.69) is 34.9 Å². The molecule has 0 aromatic carbocycles. The Morgan fingerprint density at radius 3 is 3.33 bits per heavy atom. The van der Waals surface area contributed by atoms with Gasteiger partial charge in [-0.2, -0.15) is 0 Å². The third-order valence-corrected chi connectivity index (χ3v) is 2.24. The topological polar surface area (TPSA) is 3.24 Å². The number of rotatable bonds is 0. The minimum Gasteiger partial charge on any atom is -0.318 e. The van der Waals surface area contributed by atoms with Gasteiger partial charge < -0.3 is 4.90 Å². The molecular weight excluding hydrogens is 130 g/mol. The molecule has 0 aromatic heterocycles. The van der Waals surface area contributed by atoms with Crippen LogP contribution in [0, 0.1) is 0 Å². The standard InChI is InChI=1S/C7H7NS/c1-2-4-8-5-6-9-7(8)3-1/h2-6H,1H2. The van der Waals surface area contributed by atoms with Crippen LogP contribution in [0.25, 0.3) is 0 Å². The van der Waals surface area contributed by atoms with E-state index < -0.39 is 0 Å². The summed E-state index contributed by atoms with van der Waals surface area (Å²) < 4.78 is 0. The van der Waals surface area contributed by atoms with Crippen molar-refractivity contribution < 1.29 is 0 Å². The highest BCUT2D eigenvalue weighted by molar-refractivity contribution is 8.06. The number of nitrogens with zero attached hydrogens (tertiary/aromatic N) is 1. The first kappa shape index (κ1) is 5.18. The molecule has 0 amide bonds. The van der Waals surface area contributed by atoms with Crippen LogP contribution < -0.4 is 0 Å². The average Bonchev–Trinajstić information content (AvgIpc) is 2.33. The summed E-state index contributed by atoms with van der Waals surface area (Å²) in [5.41, 5.74) is 0. The predicted molar refractivity (Wildman–Crippen MR) is 40.4 cm³/mol. The number of fused-ring (bicyclic) bond motifs is 1. The lowest BCUT2D eigenvalue weighted by Crippen LogP contribution is -2.03. The molecule has 1 nitrogen and oxygen atoms in total. The van der Waals surface area contributed by atoms with E-state index in [-0.39, 0.29) is 0 Å². The van der Waals surface area contributed by atoms with Gasteiger partial charge in [0.1, 0.15) is 0 Å². The molecule has 2 heterocycles. The van der Waals surface area contributed by atoms with Crippen LogP contribution in [0.2, 0.25) is 0 Å². The minimum atomic E-state index is 1.08. The smallest absolute Gasteiger partial charge is 0.0794 e. The molecule has 46 valence electrons. The molecule has 2 aliphatic heterocycles. The minimum absolute atomic E-state index is 1.08. The van der Waals surface area contributed by atoms with E-state index >= 15 is 0 Å². The molecule has 9 heavy (non-hydrogen) atoms. The van der Waals surface area contributed by atoms with Crippen molar-refractivity contribution in [3.05, 3.63) is 35.0 Å². The summed E-state index contributed by atoms with van der Waals surface area (Å²) >= 11 is 1.78. The van der Waals surface area contributed by atoms with Gasteiger partial charge in [-0.25, -0.2) is 0 Å². The number of hydrogen-bond donors (Lipinski definition) is 0. The van der Waals surface area contributed by atoms with E-state index in [0.717, 1.165) is 6.42 Å². The molecule has 2 heteroatoms. The van der Waals surface area contributed by atoms with E-state index in [4.69, 9.17) is 0 Å². The van der Waals surface area contributed by atoms with E-state index in [1.165, 1.54) is 5.03 Å². The van der Waals surface area contributed by atoms with Crippen molar-refractivity contribution in [3.63, 3.8) is 0 Å². The van der Waals surface area contributed by atoms with Crippen LogP contribution in [0.4, 0.5) is 0 Å². The summed E-state index contributed by atoms with van der Waals surface area (Å²) in [6.45, 7) is 0. The van der Waals surface area contributed by atoms with Crippen molar-refractivity contribution in [2.45, 2.75) is 6.42 Å². The van der Waals surface area contributed by atoms with Crippen molar-refractivity contribution in [1.29, 1.82) is 0 Å². The van der Waals surface area contributed by atoms with Crippen LogP contribution in [0.3, 0.4) is 0 Å². The average molecular weight is 137 g/mol. The molecule has 0 N–H and O–H groups in total. The zero-order valence-corrected chi connectivity index (χ0v) is 5.77. The summed E-state index contributed by atoms with van der Waals surface area (Å²) in [5.74, 6) is 0. The first-order chi connectivity index (χ1) is 4.47. The molecule has 0 atom stereocenters. The zero-order valence-electron chi connectivity index (χ0n) is 4.95. The first-order valence-electron chi connectivity index (χ1n) is 2.95. The second-order valence-corrected chi connectivity index (χ2v) is 2.90. The van der Waals surface area contributed by atoms with Gasteiger partial charge in [0.15, 0.2) is 0 Å². The summed E-state index contributed by atoms with van der Waals surface area (Å²) in [4.78, 5) is 2.13. The molecule has 0 fully saturated rings. The summed E-state index contributed by atoms with van der Waals surface area (Å²) in [6.07, 6.45) is 9.64. The fraction of sp³-hybridized carbons (Fsp3) is 0.143. The lowest BCUT2D eigenvalue weighted by atomic mass is 10.3. The maximum atomic E-state index is 2.23. The van der Waals surface area contributed by atoms with Gasteiger partial charge >= 0.3 is 0 Å². The third-order valence-electron chi connectivity index (χ3n) is 1.36. The lowest BCUT2D eigenvalue weighted by molar-refractivity contribution is 0.669. The Bertz CT molecular complexity index is 203. The van der Waals surface area contributed by atoms with Gasteiger partial charge in [0.05, 0.1) is 5.03 Å². The molecule has 0 saturated heterocycles. The van der Waals surface area contributed by atoms with Gasteiger partial charge in [0, 0.05) is 12.4 Å². The van der Waals surface area contributed by atoms with Crippen LogP contribution in [-0.4, -0.2) is 4.90 Å². The van der Waals surface area contributed by atoms with Gasteiger partial charge in [-0.1, -0.05) is 17.8 Å². The molecule has 0 aromatic rings. The van der Waals surface area contributed by atoms with Crippen molar-refractivity contribution >= 4 is 11.8 Å². The van der Waals surface area contributed by atoms with Crippen LogP contribution in [0.5, 0.6) is 0 Å². The van der Waals surface area contributed by atoms with Crippen molar-refractivity contribution in [1.82, 2.24) is 4.90 Å². The van der Waals surface area contributed by atoms with Gasteiger partial charge in [-0.15, -0.1) is 0 Å². The van der Waals surface area contributed by atoms with Gasteiger partial charge in [-0.05, 0) is 17.9 Å². The van der Waals surface area contributed by atoms with Crippen molar-refractivity contribution in [2.75, 3.05) is 0 Å². The van der Waals surface area contributed by atoms with Crippen LogP contribution in [0.15, 0.2) is 35.0 Å². The summed E-state index contributed by atoms with van der Waals surface area (Å²) in [5, 5.41) is 3.44.